The minimum absolute atomic E-state index is 0.466. The summed E-state index contributed by atoms with van der Waals surface area (Å²) in [5, 5.41) is 18.4. The van der Waals surface area contributed by atoms with Gasteiger partial charge in [0, 0.05) is 0 Å². The number of aryl methyl sites for hydroxylation is 1. The number of rotatable bonds is 5. The molecule has 2 heteroatoms. The largest absolute Gasteiger partial charge is 0.192 e. The maximum atomic E-state index is 9.29. The lowest BCUT2D eigenvalue weighted by Gasteiger charge is -2.08. The second-order valence-corrected chi connectivity index (χ2v) is 5.58. The molecular formula is C19H22N2. The van der Waals surface area contributed by atoms with Crippen LogP contribution in [-0.2, 0) is 6.42 Å². The van der Waals surface area contributed by atoms with Crippen LogP contribution in [0.1, 0.15) is 55.9 Å². The number of hydrogen-bond donors (Lipinski definition) is 0. The van der Waals surface area contributed by atoms with Crippen molar-refractivity contribution in [2.24, 2.45) is 0 Å². The van der Waals surface area contributed by atoms with Crippen LogP contribution < -0.4 is 0 Å². The molecule has 0 aliphatic carbocycles. The molecule has 0 aromatic heterocycles. The molecule has 0 aliphatic rings. The summed E-state index contributed by atoms with van der Waals surface area (Å²) in [4.78, 5) is 0. The Kier molecular flexibility index (Phi) is 6.44. The lowest BCUT2D eigenvalue weighted by atomic mass is 9.94. The molecule has 0 saturated carbocycles. The van der Waals surface area contributed by atoms with Gasteiger partial charge in [-0.2, -0.15) is 10.5 Å². The summed E-state index contributed by atoms with van der Waals surface area (Å²) in [7, 11) is 0. The predicted octanol–water partition coefficient (Wildman–Crippen LogP) is 4.97. The highest BCUT2D eigenvalue weighted by atomic mass is 14.3. The molecular weight excluding hydrogens is 256 g/mol. The lowest BCUT2D eigenvalue weighted by molar-refractivity contribution is 0.954. The number of hydrogen-bond acceptors (Lipinski definition) is 2. The van der Waals surface area contributed by atoms with Gasteiger partial charge in [-0.1, -0.05) is 29.4 Å². The van der Waals surface area contributed by atoms with E-state index in [-0.39, 0.29) is 0 Å². The van der Waals surface area contributed by atoms with E-state index in [0.29, 0.717) is 17.5 Å². The van der Waals surface area contributed by atoms with Crippen molar-refractivity contribution >= 4 is 0 Å². The highest BCUT2D eigenvalue weighted by molar-refractivity contribution is 5.53. The van der Waals surface area contributed by atoms with Gasteiger partial charge in [-0.15, -0.1) is 0 Å². The monoisotopic (exact) mass is 278 g/mol. The van der Waals surface area contributed by atoms with Crippen LogP contribution in [0, 0.1) is 29.6 Å². The first kappa shape index (κ1) is 16.7. The van der Waals surface area contributed by atoms with Crippen LogP contribution in [0.4, 0.5) is 0 Å². The maximum absolute atomic E-state index is 9.29. The smallest absolute Gasteiger partial charge is 0.101 e. The Morgan fingerprint density at radius 1 is 1.10 bits per heavy atom. The first-order valence-corrected chi connectivity index (χ1v) is 7.21. The second-order valence-electron chi connectivity index (χ2n) is 5.58. The van der Waals surface area contributed by atoms with E-state index in [1.54, 1.807) is 6.07 Å². The van der Waals surface area contributed by atoms with Crippen LogP contribution in [0.3, 0.4) is 0 Å². The molecule has 108 valence electrons. The van der Waals surface area contributed by atoms with Gasteiger partial charge in [0.1, 0.15) is 12.1 Å². The SMILES string of the molecule is CC(C)=CCCC(C)=CCc1c(C)ccc(C#N)c1C#N. The Bertz CT molecular complexity index is 645. The number of benzene rings is 1. The van der Waals surface area contributed by atoms with Gasteiger partial charge in [0.2, 0.25) is 0 Å². The zero-order chi connectivity index (χ0) is 15.8. The molecule has 0 N–H and O–H groups in total. The fraction of sp³-hybridized carbons (Fsp3) is 0.368. The Morgan fingerprint density at radius 3 is 2.38 bits per heavy atom. The van der Waals surface area contributed by atoms with Gasteiger partial charge in [0.25, 0.3) is 0 Å². The molecule has 0 atom stereocenters. The van der Waals surface area contributed by atoms with Gasteiger partial charge in [-0.25, -0.2) is 0 Å². The molecule has 0 amide bonds. The van der Waals surface area contributed by atoms with Gasteiger partial charge in [-0.05, 0) is 64.2 Å². The topological polar surface area (TPSA) is 47.6 Å². The van der Waals surface area contributed by atoms with Crippen LogP contribution >= 0.6 is 0 Å². The third-order valence-corrected chi connectivity index (χ3v) is 3.53. The van der Waals surface area contributed by atoms with Crippen molar-refractivity contribution in [1.82, 2.24) is 0 Å². The molecule has 0 fully saturated rings. The van der Waals surface area contributed by atoms with E-state index in [0.717, 1.165) is 24.0 Å². The number of allylic oxidation sites excluding steroid dienone is 4. The minimum Gasteiger partial charge on any atom is -0.192 e. The van der Waals surface area contributed by atoms with E-state index in [1.807, 2.05) is 13.0 Å². The Balaban J connectivity index is 2.91. The van der Waals surface area contributed by atoms with E-state index in [2.05, 4.69) is 45.1 Å². The van der Waals surface area contributed by atoms with Crippen LogP contribution in [-0.4, -0.2) is 0 Å². The van der Waals surface area contributed by atoms with Crippen molar-refractivity contribution in [3.63, 3.8) is 0 Å². The Hall–Kier alpha value is -2.32. The molecule has 1 aromatic carbocycles. The maximum Gasteiger partial charge on any atom is 0.101 e. The van der Waals surface area contributed by atoms with Gasteiger partial charge < -0.3 is 0 Å². The standard InChI is InChI=1S/C19H22N2/c1-14(2)6-5-7-15(3)8-11-18-16(4)9-10-17(12-20)19(18)13-21/h6,8-10H,5,7,11H2,1-4H3. The van der Waals surface area contributed by atoms with Gasteiger partial charge >= 0.3 is 0 Å². The summed E-state index contributed by atoms with van der Waals surface area (Å²) in [6, 6.07) is 7.92. The highest BCUT2D eigenvalue weighted by Gasteiger charge is 2.09. The van der Waals surface area contributed by atoms with E-state index >= 15 is 0 Å². The summed E-state index contributed by atoms with van der Waals surface area (Å²) in [5.41, 5.74) is 5.68. The summed E-state index contributed by atoms with van der Waals surface area (Å²) in [6.07, 6.45) is 7.20. The van der Waals surface area contributed by atoms with Crippen molar-refractivity contribution in [2.75, 3.05) is 0 Å². The molecule has 0 bridgehead atoms. The zero-order valence-corrected chi connectivity index (χ0v) is 13.3. The van der Waals surface area contributed by atoms with Crippen LogP contribution in [0.2, 0.25) is 0 Å². The Morgan fingerprint density at radius 2 is 1.81 bits per heavy atom. The molecule has 1 aromatic rings. The van der Waals surface area contributed by atoms with Crippen LogP contribution in [0.15, 0.2) is 35.4 Å². The van der Waals surface area contributed by atoms with Crippen LogP contribution in [0.25, 0.3) is 0 Å². The van der Waals surface area contributed by atoms with Crippen molar-refractivity contribution in [2.45, 2.75) is 47.0 Å². The van der Waals surface area contributed by atoms with Gasteiger partial charge in [0.15, 0.2) is 0 Å². The molecule has 0 saturated heterocycles. The quantitative estimate of drug-likeness (QED) is 0.713. The lowest BCUT2D eigenvalue weighted by Crippen LogP contribution is -1.97. The molecule has 0 spiro atoms. The first-order chi connectivity index (χ1) is 9.99. The summed E-state index contributed by atoms with van der Waals surface area (Å²) < 4.78 is 0. The Labute approximate surface area is 128 Å². The molecule has 21 heavy (non-hydrogen) atoms. The number of nitrogens with zero attached hydrogens (tertiary/aromatic N) is 2. The summed E-state index contributed by atoms with van der Waals surface area (Å²) >= 11 is 0. The fourth-order valence-corrected chi connectivity index (χ4v) is 2.20. The molecule has 0 radical (unpaired) electrons. The summed E-state index contributed by atoms with van der Waals surface area (Å²) in [5.74, 6) is 0. The molecule has 0 heterocycles. The normalized spacial score (nSPS) is 10.7. The van der Waals surface area contributed by atoms with E-state index in [1.165, 1.54) is 11.1 Å². The van der Waals surface area contributed by atoms with Gasteiger partial charge in [0.05, 0.1) is 11.1 Å². The van der Waals surface area contributed by atoms with Gasteiger partial charge in [-0.3, -0.25) is 0 Å². The first-order valence-electron chi connectivity index (χ1n) is 7.21. The zero-order valence-electron chi connectivity index (χ0n) is 13.3. The average Bonchev–Trinajstić information content (AvgIpc) is 2.45. The minimum atomic E-state index is 0.466. The fourth-order valence-electron chi connectivity index (χ4n) is 2.20. The molecule has 0 unspecified atom stereocenters. The number of nitriles is 2. The van der Waals surface area contributed by atoms with E-state index < -0.39 is 0 Å². The van der Waals surface area contributed by atoms with Crippen molar-refractivity contribution < 1.29 is 0 Å². The molecule has 0 aliphatic heterocycles. The van der Waals surface area contributed by atoms with Crippen molar-refractivity contribution in [3.8, 4) is 12.1 Å². The van der Waals surface area contributed by atoms with E-state index in [9.17, 15) is 5.26 Å². The van der Waals surface area contributed by atoms with Crippen molar-refractivity contribution in [3.05, 3.63) is 57.7 Å². The third kappa shape index (κ3) is 4.93. The summed E-state index contributed by atoms with van der Waals surface area (Å²) in [6.45, 7) is 8.32. The molecule has 1 rings (SSSR count). The molecule has 2 nitrogen and oxygen atoms in total. The second kappa shape index (κ2) is 8.08. The highest BCUT2D eigenvalue weighted by Crippen LogP contribution is 2.20. The predicted molar refractivity (Wildman–Crippen MR) is 86.7 cm³/mol. The third-order valence-electron chi connectivity index (χ3n) is 3.53. The van der Waals surface area contributed by atoms with Crippen LogP contribution in [0.5, 0.6) is 0 Å². The average molecular weight is 278 g/mol. The van der Waals surface area contributed by atoms with E-state index in [4.69, 9.17) is 5.26 Å². The van der Waals surface area contributed by atoms with Crippen molar-refractivity contribution in [1.29, 1.82) is 10.5 Å².